The van der Waals surface area contributed by atoms with E-state index in [1.54, 1.807) is 12.3 Å². The second-order valence-electron chi connectivity index (χ2n) is 4.80. The van der Waals surface area contributed by atoms with Crippen LogP contribution in [0.15, 0.2) is 41.0 Å². The van der Waals surface area contributed by atoms with Gasteiger partial charge in [-0.3, -0.25) is 0 Å². The van der Waals surface area contributed by atoms with Gasteiger partial charge in [0.15, 0.2) is 0 Å². The quantitative estimate of drug-likeness (QED) is 0.838. The average molecular weight is 344 g/mol. The maximum Gasteiger partial charge on any atom is 0.226 e. The lowest BCUT2D eigenvalue weighted by molar-refractivity contribution is 0.639. The normalized spacial score (nSPS) is 14.9. The highest BCUT2D eigenvalue weighted by molar-refractivity contribution is 9.10. The van der Waals surface area contributed by atoms with E-state index in [0.717, 1.165) is 30.7 Å². The Morgan fingerprint density at radius 1 is 1.00 bits per heavy atom. The van der Waals surface area contributed by atoms with Crippen molar-refractivity contribution in [2.75, 3.05) is 36.0 Å². The van der Waals surface area contributed by atoms with Crippen molar-refractivity contribution in [3.63, 3.8) is 0 Å². The fourth-order valence-corrected chi connectivity index (χ4v) is 2.64. The Hall–Kier alpha value is -2.13. The lowest BCUT2D eigenvalue weighted by Crippen LogP contribution is -2.47. The molecule has 0 bridgehead atoms. The Kier molecular flexibility index (Phi) is 4.02. The van der Waals surface area contributed by atoms with Crippen LogP contribution in [-0.4, -0.2) is 36.1 Å². The highest BCUT2D eigenvalue weighted by Gasteiger charge is 2.19. The van der Waals surface area contributed by atoms with Crippen LogP contribution in [0, 0.1) is 11.3 Å². The van der Waals surface area contributed by atoms with Crippen molar-refractivity contribution < 1.29 is 0 Å². The zero-order valence-electron chi connectivity index (χ0n) is 11.4. The average Bonchev–Trinajstić information content (AvgIpc) is 2.56. The maximum absolute atomic E-state index is 8.90. The monoisotopic (exact) mass is 343 g/mol. The zero-order valence-corrected chi connectivity index (χ0v) is 13.0. The van der Waals surface area contributed by atoms with E-state index >= 15 is 0 Å². The number of rotatable bonds is 2. The number of aromatic nitrogens is 2. The van der Waals surface area contributed by atoms with E-state index in [0.29, 0.717) is 11.6 Å². The minimum Gasteiger partial charge on any atom is -0.368 e. The van der Waals surface area contributed by atoms with Gasteiger partial charge in [0, 0.05) is 42.5 Å². The zero-order chi connectivity index (χ0) is 14.7. The molecule has 5 nitrogen and oxygen atoms in total. The van der Waals surface area contributed by atoms with Crippen molar-refractivity contribution in [3.8, 4) is 6.07 Å². The smallest absolute Gasteiger partial charge is 0.226 e. The number of hydrogen-bond donors (Lipinski definition) is 0. The molecule has 3 rings (SSSR count). The molecule has 0 aliphatic carbocycles. The number of piperazine rings is 1. The molecule has 1 fully saturated rings. The van der Waals surface area contributed by atoms with E-state index in [2.05, 4.69) is 66.0 Å². The number of benzene rings is 1. The van der Waals surface area contributed by atoms with Crippen LogP contribution < -0.4 is 9.80 Å². The summed E-state index contributed by atoms with van der Waals surface area (Å²) < 4.78 is 1.09. The van der Waals surface area contributed by atoms with Crippen molar-refractivity contribution in [3.05, 3.63) is 46.7 Å². The molecule has 2 aromatic rings. The minimum atomic E-state index is 0.412. The third-order valence-electron chi connectivity index (χ3n) is 3.51. The molecule has 0 unspecified atom stereocenters. The summed E-state index contributed by atoms with van der Waals surface area (Å²) in [5.41, 5.74) is 1.64. The first-order chi connectivity index (χ1) is 10.3. The van der Waals surface area contributed by atoms with Gasteiger partial charge in [-0.25, -0.2) is 9.97 Å². The summed E-state index contributed by atoms with van der Waals surface area (Å²) in [7, 11) is 0. The second kappa shape index (κ2) is 6.10. The number of nitriles is 1. The molecule has 106 valence electrons. The van der Waals surface area contributed by atoms with Gasteiger partial charge in [0.1, 0.15) is 11.8 Å². The molecule has 0 spiro atoms. The predicted octanol–water partition coefficient (Wildman–Crippen LogP) is 2.44. The van der Waals surface area contributed by atoms with Gasteiger partial charge in [-0.1, -0.05) is 15.9 Å². The molecule has 6 heteroatoms. The predicted molar refractivity (Wildman–Crippen MR) is 85.3 cm³/mol. The molecule has 1 aromatic heterocycles. The number of nitrogens with zero attached hydrogens (tertiary/aromatic N) is 5. The molecule has 0 amide bonds. The number of anilines is 2. The van der Waals surface area contributed by atoms with E-state index in [1.165, 1.54) is 5.69 Å². The van der Waals surface area contributed by atoms with Crippen LogP contribution in [-0.2, 0) is 0 Å². The van der Waals surface area contributed by atoms with Gasteiger partial charge in [-0.15, -0.1) is 0 Å². The molecule has 0 radical (unpaired) electrons. The van der Waals surface area contributed by atoms with Crippen LogP contribution in [0.25, 0.3) is 0 Å². The first-order valence-corrected chi connectivity index (χ1v) is 7.54. The first-order valence-electron chi connectivity index (χ1n) is 6.75. The fourth-order valence-electron chi connectivity index (χ4n) is 2.38. The van der Waals surface area contributed by atoms with Crippen LogP contribution >= 0.6 is 15.9 Å². The minimum absolute atomic E-state index is 0.412. The highest BCUT2D eigenvalue weighted by atomic mass is 79.9. The van der Waals surface area contributed by atoms with Gasteiger partial charge in [0.05, 0.1) is 0 Å². The maximum atomic E-state index is 8.90. The SMILES string of the molecule is N#Cc1ccnc(N2CCN(c3ccc(Br)cc3)CC2)n1. The van der Waals surface area contributed by atoms with Gasteiger partial charge >= 0.3 is 0 Å². The van der Waals surface area contributed by atoms with Gasteiger partial charge < -0.3 is 9.80 Å². The van der Waals surface area contributed by atoms with Gasteiger partial charge in [0.2, 0.25) is 5.95 Å². The van der Waals surface area contributed by atoms with Crippen LogP contribution in [0.2, 0.25) is 0 Å². The van der Waals surface area contributed by atoms with E-state index in [1.807, 2.05) is 0 Å². The Labute approximate surface area is 132 Å². The van der Waals surface area contributed by atoms with Gasteiger partial charge in [0.25, 0.3) is 0 Å². The molecule has 0 saturated carbocycles. The molecule has 0 N–H and O–H groups in total. The van der Waals surface area contributed by atoms with Crippen molar-refractivity contribution >= 4 is 27.6 Å². The Balaban J connectivity index is 1.67. The summed E-state index contributed by atoms with van der Waals surface area (Å²) in [5.74, 6) is 0.643. The van der Waals surface area contributed by atoms with Crippen LogP contribution in [0.4, 0.5) is 11.6 Å². The molecular formula is C15H14BrN5. The molecule has 1 aliphatic rings. The molecule has 2 heterocycles. The van der Waals surface area contributed by atoms with Crippen LogP contribution in [0.5, 0.6) is 0 Å². The summed E-state index contributed by atoms with van der Waals surface area (Å²) in [5, 5.41) is 8.90. The molecule has 0 atom stereocenters. The summed E-state index contributed by atoms with van der Waals surface area (Å²) in [6.07, 6.45) is 1.64. The molecule has 21 heavy (non-hydrogen) atoms. The second-order valence-corrected chi connectivity index (χ2v) is 5.72. The highest BCUT2D eigenvalue weighted by Crippen LogP contribution is 2.20. The summed E-state index contributed by atoms with van der Waals surface area (Å²) >= 11 is 3.45. The van der Waals surface area contributed by atoms with Crippen LogP contribution in [0.1, 0.15) is 5.69 Å². The first kappa shape index (κ1) is 13.8. The van der Waals surface area contributed by atoms with E-state index in [4.69, 9.17) is 5.26 Å². The number of hydrogen-bond acceptors (Lipinski definition) is 5. The largest absolute Gasteiger partial charge is 0.368 e. The van der Waals surface area contributed by atoms with E-state index in [9.17, 15) is 0 Å². The third-order valence-corrected chi connectivity index (χ3v) is 4.04. The molecule has 1 saturated heterocycles. The van der Waals surface area contributed by atoms with Crippen molar-refractivity contribution in [2.45, 2.75) is 0 Å². The van der Waals surface area contributed by atoms with E-state index in [-0.39, 0.29) is 0 Å². The van der Waals surface area contributed by atoms with Crippen molar-refractivity contribution in [2.24, 2.45) is 0 Å². The Morgan fingerprint density at radius 3 is 2.33 bits per heavy atom. The Bertz CT molecular complexity index is 657. The third kappa shape index (κ3) is 3.14. The number of halogens is 1. The van der Waals surface area contributed by atoms with Crippen LogP contribution in [0.3, 0.4) is 0 Å². The Morgan fingerprint density at radius 2 is 1.67 bits per heavy atom. The lowest BCUT2D eigenvalue weighted by atomic mass is 10.2. The van der Waals surface area contributed by atoms with E-state index < -0.39 is 0 Å². The van der Waals surface area contributed by atoms with Gasteiger partial charge in [-0.2, -0.15) is 5.26 Å². The summed E-state index contributed by atoms with van der Waals surface area (Å²) in [6, 6.07) is 12.0. The molecule has 1 aliphatic heterocycles. The summed E-state index contributed by atoms with van der Waals surface area (Å²) in [6.45, 7) is 3.54. The van der Waals surface area contributed by atoms with Crippen molar-refractivity contribution in [1.29, 1.82) is 5.26 Å². The topological polar surface area (TPSA) is 56.1 Å². The lowest BCUT2D eigenvalue weighted by Gasteiger charge is -2.36. The molecule has 1 aromatic carbocycles. The summed E-state index contributed by atoms with van der Waals surface area (Å²) in [4.78, 5) is 13.0. The van der Waals surface area contributed by atoms with Gasteiger partial charge in [-0.05, 0) is 30.3 Å². The fraction of sp³-hybridized carbons (Fsp3) is 0.267. The standard InChI is InChI=1S/C15H14BrN5/c16-12-1-3-14(4-2-12)20-7-9-21(10-8-20)15-18-6-5-13(11-17)19-15/h1-6H,7-10H2. The van der Waals surface area contributed by atoms with Crippen molar-refractivity contribution in [1.82, 2.24) is 9.97 Å². The molecular weight excluding hydrogens is 330 g/mol.